The van der Waals surface area contributed by atoms with Gasteiger partial charge in [0.2, 0.25) is 0 Å². The zero-order valence-corrected chi connectivity index (χ0v) is 14.6. The molecule has 1 amide bonds. The Morgan fingerprint density at radius 1 is 1.12 bits per heavy atom. The molecule has 0 bridgehead atoms. The first-order valence-corrected chi connectivity index (χ1v) is 8.59. The van der Waals surface area contributed by atoms with Crippen LogP contribution in [0.4, 0.5) is 0 Å². The number of benzene rings is 2. The summed E-state index contributed by atoms with van der Waals surface area (Å²) in [6.07, 6.45) is 1.48. The van der Waals surface area contributed by atoms with Gasteiger partial charge in [-0.05, 0) is 42.0 Å². The summed E-state index contributed by atoms with van der Waals surface area (Å²) in [6.45, 7) is 0.918. The van der Waals surface area contributed by atoms with E-state index in [4.69, 9.17) is 16.0 Å². The predicted molar refractivity (Wildman–Crippen MR) is 100 cm³/mol. The number of carbonyl (C=O) groups excluding carboxylic acids is 1. The van der Waals surface area contributed by atoms with Crippen LogP contribution in [0.3, 0.4) is 0 Å². The zero-order valence-electron chi connectivity index (χ0n) is 13.9. The molecule has 0 atom stereocenters. The number of halogens is 1. The molecule has 0 spiro atoms. The summed E-state index contributed by atoms with van der Waals surface area (Å²) in [5, 5.41) is 3.55. The van der Waals surface area contributed by atoms with Gasteiger partial charge in [-0.3, -0.25) is 4.79 Å². The van der Waals surface area contributed by atoms with Gasteiger partial charge in [0.15, 0.2) is 5.76 Å². The topological polar surface area (TPSA) is 60.1 Å². The monoisotopic (exact) mass is 365 g/mol. The Bertz CT molecular complexity index is 1050. The number of fused-ring (bicyclic) bond motifs is 1. The van der Waals surface area contributed by atoms with E-state index < -0.39 is 0 Å². The van der Waals surface area contributed by atoms with Crippen LogP contribution in [0.1, 0.15) is 21.9 Å². The molecule has 4 rings (SSSR count). The molecule has 0 saturated heterocycles. The van der Waals surface area contributed by atoms with Crippen LogP contribution in [-0.4, -0.2) is 15.5 Å². The molecule has 130 valence electrons. The fourth-order valence-corrected chi connectivity index (χ4v) is 3.12. The molecule has 2 heterocycles. The molecule has 0 fully saturated rings. The SMILES string of the molecule is O=C(NCc1nc2ccccc2n1Cc1cccc(Cl)c1)c1ccco1. The summed E-state index contributed by atoms with van der Waals surface area (Å²) in [5.41, 5.74) is 2.96. The Balaban J connectivity index is 1.64. The highest BCUT2D eigenvalue weighted by molar-refractivity contribution is 6.30. The minimum absolute atomic E-state index is 0.267. The Labute approximate surface area is 155 Å². The summed E-state index contributed by atoms with van der Waals surface area (Å²) in [6, 6.07) is 18.9. The second kappa shape index (κ2) is 7.06. The van der Waals surface area contributed by atoms with Crippen LogP contribution in [-0.2, 0) is 13.1 Å². The van der Waals surface area contributed by atoms with Crippen LogP contribution in [0, 0.1) is 0 Å². The molecule has 1 N–H and O–H groups in total. The lowest BCUT2D eigenvalue weighted by Gasteiger charge is -2.10. The molecule has 5 nitrogen and oxygen atoms in total. The molecule has 0 unspecified atom stereocenters. The normalized spacial score (nSPS) is 11.0. The number of hydrogen-bond donors (Lipinski definition) is 1. The van der Waals surface area contributed by atoms with Crippen molar-refractivity contribution < 1.29 is 9.21 Å². The van der Waals surface area contributed by atoms with Gasteiger partial charge in [0.25, 0.3) is 5.91 Å². The third-order valence-corrected chi connectivity index (χ3v) is 4.35. The van der Waals surface area contributed by atoms with Crippen LogP contribution >= 0.6 is 11.6 Å². The largest absolute Gasteiger partial charge is 0.459 e. The maximum atomic E-state index is 12.1. The molecule has 2 aromatic heterocycles. The van der Waals surface area contributed by atoms with Crippen LogP contribution in [0.15, 0.2) is 71.3 Å². The number of nitrogens with zero attached hydrogens (tertiary/aromatic N) is 2. The van der Waals surface area contributed by atoms with Gasteiger partial charge in [-0.25, -0.2) is 4.98 Å². The number of para-hydroxylation sites is 2. The third kappa shape index (κ3) is 3.34. The second-order valence-electron chi connectivity index (χ2n) is 5.89. The van der Waals surface area contributed by atoms with Gasteiger partial charge in [0.05, 0.1) is 23.8 Å². The molecular weight excluding hydrogens is 350 g/mol. The molecule has 26 heavy (non-hydrogen) atoms. The number of amides is 1. The van der Waals surface area contributed by atoms with Crippen molar-refractivity contribution in [2.24, 2.45) is 0 Å². The molecule has 0 aliphatic heterocycles. The van der Waals surface area contributed by atoms with Crippen LogP contribution in [0.2, 0.25) is 5.02 Å². The predicted octanol–water partition coefficient (Wildman–Crippen LogP) is 4.26. The van der Waals surface area contributed by atoms with Gasteiger partial charge in [0.1, 0.15) is 5.82 Å². The summed E-state index contributed by atoms with van der Waals surface area (Å²) >= 11 is 6.11. The van der Waals surface area contributed by atoms with E-state index in [0.29, 0.717) is 18.1 Å². The average Bonchev–Trinajstić information content (AvgIpc) is 3.29. The van der Waals surface area contributed by atoms with Gasteiger partial charge in [-0.1, -0.05) is 35.9 Å². The maximum Gasteiger partial charge on any atom is 0.287 e. The second-order valence-corrected chi connectivity index (χ2v) is 6.33. The first kappa shape index (κ1) is 16.4. The van der Waals surface area contributed by atoms with Crippen molar-refractivity contribution in [3.63, 3.8) is 0 Å². The number of aromatic nitrogens is 2. The molecule has 0 aliphatic rings. The Morgan fingerprint density at radius 2 is 2.00 bits per heavy atom. The summed E-state index contributed by atoms with van der Waals surface area (Å²) in [5.74, 6) is 0.782. The Morgan fingerprint density at radius 3 is 2.81 bits per heavy atom. The Kier molecular flexibility index (Phi) is 4.46. The van der Waals surface area contributed by atoms with E-state index in [-0.39, 0.29) is 11.7 Å². The third-order valence-electron chi connectivity index (χ3n) is 4.12. The maximum absolute atomic E-state index is 12.1. The molecule has 4 aromatic rings. The number of rotatable bonds is 5. The number of imidazole rings is 1. The van der Waals surface area contributed by atoms with Crippen molar-refractivity contribution in [1.29, 1.82) is 0 Å². The van der Waals surface area contributed by atoms with Crippen LogP contribution in [0.5, 0.6) is 0 Å². The standard InChI is InChI=1S/C20H16ClN3O2/c21-15-6-3-5-14(11-15)13-24-17-8-2-1-7-16(17)23-19(24)12-22-20(25)18-9-4-10-26-18/h1-11H,12-13H2,(H,22,25). The van der Waals surface area contributed by atoms with Crippen molar-refractivity contribution in [3.05, 3.63) is 89.1 Å². The number of carbonyl (C=O) groups is 1. The van der Waals surface area contributed by atoms with Gasteiger partial charge < -0.3 is 14.3 Å². The van der Waals surface area contributed by atoms with E-state index >= 15 is 0 Å². The quantitative estimate of drug-likeness (QED) is 0.574. The van der Waals surface area contributed by atoms with E-state index in [1.807, 2.05) is 48.5 Å². The van der Waals surface area contributed by atoms with E-state index in [2.05, 4.69) is 14.9 Å². The number of hydrogen-bond acceptors (Lipinski definition) is 3. The number of furan rings is 1. The summed E-state index contributed by atoms with van der Waals surface area (Å²) < 4.78 is 7.21. The van der Waals surface area contributed by atoms with Crippen LogP contribution in [0.25, 0.3) is 11.0 Å². The van der Waals surface area contributed by atoms with E-state index in [1.165, 1.54) is 6.26 Å². The van der Waals surface area contributed by atoms with Gasteiger partial charge in [-0.2, -0.15) is 0 Å². The lowest BCUT2D eigenvalue weighted by molar-refractivity contribution is 0.0922. The van der Waals surface area contributed by atoms with Gasteiger partial charge in [0, 0.05) is 11.6 Å². The van der Waals surface area contributed by atoms with Crippen molar-refractivity contribution in [2.75, 3.05) is 0 Å². The zero-order chi connectivity index (χ0) is 17.9. The average molecular weight is 366 g/mol. The fourth-order valence-electron chi connectivity index (χ4n) is 2.91. The molecule has 6 heteroatoms. The molecule has 0 aliphatic carbocycles. The van der Waals surface area contributed by atoms with Gasteiger partial charge in [-0.15, -0.1) is 0 Å². The number of nitrogens with one attached hydrogen (secondary N) is 1. The highest BCUT2D eigenvalue weighted by Gasteiger charge is 2.14. The van der Waals surface area contributed by atoms with E-state index in [9.17, 15) is 4.79 Å². The van der Waals surface area contributed by atoms with Gasteiger partial charge >= 0.3 is 0 Å². The molecule has 0 saturated carbocycles. The van der Waals surface area contributed by atoms with Crippen molar-refractivity contribution in [1.82, 2.24) is 14.9 Å². The summed E-state index contributed by atoms with van der Waals surface area (Å²) in [4.78, 5) is 16.8. The first-order valence-electron chi connectivity index (χ1n) is 8.21. The smallest absolute Gasteiger partial charge is 0.287 e. The molecule has 0 radical (unpaired) electrons. The summed E-state index contributed by atoms with van der Waals surface area (Å²) in [7, 11) is 0. The van der Waals surface area contributed by atoms with Crippen molar-refractivity contribution in [2.45, 2.75) is 13.1 Å². The lowest BCUT2D eigenvalue weighted by Crippen LogP contribution is -2.24. The molecular formula is C20H16ClN3O2. The highest BCUT2D eigenvalue weighted by Crippen LogP contribution is 2.19. The first-order chi connectivity index (χ1) is 12.7. The van der Waals surface area contributed by atoms with Crippen LogP contribution < -0.4 is 5.32 Å². The molecule has 2 aromatic carbocycles. The van der Waals surface area contributed by atoms with E-state index in [0.717, 1.165) is 22.4 Å². The minimum atomic E-state index is -0.267. The lowest BCUT2D eigenvalue weighted by atomic mass is 10.2. The van der Waals surface area contributed by atoms with Crippen molar-refractivity contribution >= 4 is 28.5 Å². The minimum Gasteiger partial charge on any atom is -0.459 e. The van der Waals surface area contributed by atoms with E-state index in [1.54, 1.807) is 12.1 Å². The Hall–Kier alpha value is -3.05. The van der Waals surface area contributed by atoms with Crippen molar-refractivity contribution in [3.8, 4) is 0 Å². The highest BCUT2D eigenvalue weighted by atomic mass is 35.5. The fraction of sp³-hybridized carbons (Fsp3) is 0.100.